The van der Waals surface area contributed by atoms with E-state index in [0.717, 1.165) is 38.8 Å². The smallest absolute Gasteiger partial charge is 0.292 e. The van der Waals surface area contributed by atoms with E-state index in [-0.39, 0.29) is 44.0 Å². The third-order valence-electron chi connectivity index (χ3n) is 12.9. The van der Waals surface area contributed by atoms with Crippen molar-refractivity contribution in [1.82, 2.24) is 15.1 Å². The molecule has 13 heteroatoms. The topological polar surface area (TPSA) is 112 Å². The molecule has 1 fully saturated rings. The summed E-state index contributed by atoms with van der Waals surface area (Å²) in [6, 6.07) is 8.88. The first-order chi connectivity index (χ1) is 24.7. The van der Waals surface area contributed by atoms with Crippen molar-refractivity contribution in [3.8, 4) is 11.3 Å². The van der Waals surface area contributed by atoms with Crippen LogP contribution in [0.1, 0.15) is 94.9 Å². The number of nitrogens with zero attached hydrogens (tertiary/aromatic N) is 4. The number of nitro groups is 1. The van der Waals surface area contributed by atoms with Crippen molar-refractivity contribution in [1.29, 1.82) is 0 Å². The van der Waals surface area contributed by atoms with Crippen LogP contribution in [-0.4, -0.2) is 89.5 Å². The van der Waals surface area contributed by atoms with Crippen molar-refractivity contribution in [2.45, 2.75) is 168 Å². The van der Waals surface area contributed by atoms with Crippen LogP contribution in [0.15, 0.2) is 36.5 Å². The number of hydrogen-bond donors (Lipinski definition) is 1. The molecule has 0 unspecified atom stereocenters. The summed E-state index contributed by atoms with van der Waals surface area (Å²) in [5.41, 5.74) is 1.87. The standard InChI is InChI=1S/C41H75N5O5Si3/c1-31-29-45(27-20-18-17-19-25-42-34-24-23-32(28-35(34)46(47)48)33-22-21-26-43-44-33)36(30-49-52(11,12)39(2,3)4)38(51-54(15,16)41(8,9)10)37(31)50-53(13,14)40(5,6)7/h21-24,26,28,31,36-38,42H,17-20,25,27,29-30H2,1-16H3/t31-,36+,37+,38+/m0/s1. The SMILES string of the molecule is C[C@H]1CN(CCCCCCNc2ccc(-c3cccnn3)cc2[N+](=O)[O-])[C@H](CO[Si](C)(C)C(C)(C)C)[C@@H](O[Si](C)(C)C(C)(C)C)[C@@H]1O[Si](C)(C)C(C)(C)C. The first-order valence-electron chi connectivity index (χ1n) is 20.2. The fourth-order valence-electron chi connectivity index (χ4n) is 6.15. The summed E-state index contributed by atoms with van der Waals surface area (Å²) < 4.78 is 21.9. The van der Waals surface area contributed by atoms with Crippen LogP contribution in [-0.2, 0) is 13.3 Å². The minimum absolute atomic E-state index is 0.00843. The molecule has 4 atom stereocenters. The minimum Gasteiger partial charge on any atom is -0.415 e. The summed E-state index contributed by atoms with van der Waals surface area (Å²) in [5.74, 6) is 0.318. The summed E-state index contributed by atoms with van der Waals surface area (Å²) in [7, 11) is -6.30. The van der Waals surface area contributed by atoms with Gasteiger partial charge in [0.05, 0.1) is 35.5 Å². The number of likely N-dealkylation sites (tertiary alicyclic amines) is 1. The maximum Gasteiger partial charge on any atom is 0.292 e. The normalized spacial score (nSPS) is 21.0. The molecular formula is C41H75N5O5Si3. The Balaban J connectivity index is 1.76. The van der Waals surface area contributed by atoms with Gasteiger partial charge in [0, 0.05) is 30.9 Å². The van der Waals surface area contributed by atoms with Crippen LogP contribution in [0.3, 0.4) is 0 Å². The van der Waals surface area contributed by atoms with E-state index in [1.807, 2.05) is 6.07 Å². The van der Waals surface area contributed by atoms with Gasteiger partial charge in [-0.05, 0) is 97.9 Å². The van der Waals surface area contributed by atoms with Gasteiger partial charge in [-0.1, -0.05) is 88.1 Å². The predicted molar refractivity (Wildman–Crippen MR) is 233 cm³/mol. The Morgan fingerprint density at radius 1 is 0.833 bits per heavy atom. The van der Waals surface area contributed by atoms with Crippen molar-refractivity contribution < 1.29 is 18.2 Å². The van der Waals surface area contributed by atoms with Gasteiger partial charge < -0.3 is 18.6 Å². The molecule has 1 aliphatic heterocycles. The highest BCUT2D eigenvalue weighted by atomic mass is 28.4. The Morgan fingerprint density at radius 2 is 1.41 bits per heavy atom. The summed E-state index contributed by atoms with van der Waals surface area (Å²) >= 11 is 0. The van der Waals surface area contributed by atoms with Crippen LogP contribution in [0.4, 0.5) is 11.4 Å². The lowest BCUT2D eigenvalue weighted by molar-refractivity contribution is -0.383. The second-order valence-electron chi connectivity index (χ2n) is 20.2. The van der Waals surface area contributed by atoms with Gasteiger partial charge >= 0.3 is 0 Å². The molecule has 0 spiro atoms. The molecule has 2 aromatic rings. The molecule has 1 N–H and O–H groups in total. The van der Waals surface area contributed by atoms with Crippen molar-refractivity contribution in [2.24, 2.45) is 5.92 Å². The summed E-state index contributed by atoms with van der Waals surface area (Å²) in [6.45, 7) is 40.7. The highest BCUT2D eigenvalue weighted by Gasteiger charge is 2.52. The number of unbranched alkanes of at least 4 members (excludes halogenated alkanes) is 3. The third-order valence-corrected chi connectivity index (χ3v) is 26.3. The summed E-state index contributed by atoms with van der Waals surface area (Å²) in [5, 5.41) is 23.5. The van der Waals surface area contributed by atoms with Crippen LogP contribution < -0.4 is 5.32 Å². The molecule has 0 radical (unpaired) electrons. The Bertz CT molecular complexity index is 1510. The highest BCUT2D eigenvalue weighted by molar-refractivity contribution is 6.75. The van der Waals surface area contributed by atoms with Gasteiger partial charge in [-0.3, -0.25) is 15.0 Å². The van der Waals surface area contributed by atoms with E-state index in [0.29, 0.717) is 36.0 Å². The molecule has 1 aliphatic rings. The van der Waals surface area contributed by atoms with Crippen LogP contribution in [0, 0.1) is 16.0 Å². The monoisotopic (exact) mass is 802 g/mol. The van der Waals surface area contributed by atoms with Gasteiger partial charge in [0.25, 0.3) is 5.69 Å². The van der Waals surface area contributed by atoms with E-state index < -0.39 is 25.0 Å². The highest BCUT2D eigenvalue weighted by Crippen LogP contribution is 2.44. The number of benzene rings is 1. The van der Waals surface area contributed by atoms with E-state index in [9.17, 15) is 10.1 Å². The molecule has 2 heterocycles. The number of hydrogen-bond acceptors (Lipinski definition) is 9. The van der Waals surface area contributed by atoms with E-state index in [4.69, 9.17) is 13.3 Å². The molecule has 1 saturated heterocycles. The number of rotatable bonds is 17. The molecule has 10 nitrogen and oxygen atoms in total. The second kappa shape index (κ2) is 18.1. The van der Waals surface area contributed by atoms with E-state index in [1.54, 1.807) is 30.5 Å². The zero-order chi connectivity index (χ0) is 40.9. The quantitative estimate of drug-likeness (QED) is 0.0723. The molecule has 0 aliphatic carbocycles. The summed E-state index contributed by atoms with van der Waals surface area (Å²) in [6.07, 6.45) is 5.63. The van der Waals surface area contributed by atoms with Crippen molar-refractivity contribution >= 4 is 36.3 Å². The van der Waals surface area contributed by atoms with Crippen molar-refractivity contribution in [3.63, 3.8) is 0 Å². The van der Waals surface area contributed by atoms with Gasteiger partial charge in [-0.15, -0.1) is 0 Å². The molecular weight excluding hydrogens is 727 g/mol. The second-order valence-corrected chi connectivity index (χ2v) is 34.6. The fraction of sp³-hybridized carbons (Fsp3) is 0.756. The molecule has 1 aromatic heterocycles. The molecule has 3 rings (SSSR count). The maximum atomic E-state index is 11.9. The molecule has 0 amide bonds. The van der Waals surface area contributed by atoms with Gasteiger partial charge in [0.2, 0.25) is 0 Å². The predicted octanol–water partition coefficient (Wildman–Crippen LogP) is 11.1. The van der Waals surface area contributed by atoms with E-state index in [2.05, 4.69) is 129 Å². The zero-order valence-electron chi connectivity index (χ0n) is 36.8. The third kappa shape index (κ3) is 12.0. The molecule has 0 bridgehead atoms. The van der Waals surface area contributed by atoms with Gasteiger partial charge in [0.1, 0.15) is 5.69 Å². The van der Waals surface area contributed by atoms with Crippen molar-refractivity contribution in [3.05, 3.63) is 46.6 Å². The Labute approximate surface area is 331 Å². The number of piperidine rings is 1. The Kier molecular flexibility index (Phi) is 15.5. The number of nitro benzene ring substituents is 1. The average Bonchev–Trinajstić information content (AvgIpc) is 3.04. The number of anilines is 1. The van der Waals surface area contributed by atoms with Crippen LogP contribution in [0.25, 0.3) is 11.3 Å². The van der Waals surface area contributed by atoms with E-state index in [1.165, 1.54) is 0 Å². The lowest BCUT2D eigenvalue weighted by Crippen LogP contribution is -2.66. The maximum absolute atomic E-state index is 11.9. The lowest BCUT2D eigenvalue weighted by atomic mass is 9.88. The van der Waals surface area contributed by atoms with Crippen LogP contribution >= 0.6 is 0 Å². The van der Waals surface area contributed by atoms with E-state index >= 15 is 0 Å². The van der Waals surface area contributed by atoms with Crippen molar-refractivity contribution in [2.75, 3.05) is 31.6 Å². The largest absolute Gasteiger partial charge is 0.415 e. The minimum atomic E-state index is -2.17. The molecule has 1 aromatic carbocycles. The van der Waals surface area contributed by atoms with Crippen LogP contribution in [0.2, 0.25) is 54.4 Å². The first-order valence-corrected chi connectivity index (χ1v) is 28.9. The molecule has 54 heavy (non-hydrogen) atoms. The van der Waals surface area contributed by atoms with Crippen LogP contribution in [0.5, 0.6) is 0 Å². The lowest BCUT2D eigenvalue weighted by Gasteiger charge is -2.54. The van der Waals surface area contributed by atoms with Gasteiger partial charge in [-0.2, -0.15) is 10.2 Å². The zero-order valence-corrected chi connectivity index (χ0v) is 39.8. The Hall–Kier alpha value is -2.01. The first kappa shape index (κ1) is 46.4. The average molecular weight is 802 g/mol. The Morgan fingerprint density at radius 3 is 1.94 bits per heavy atom. The number of aromatic nitrogens is 2. The fourth-order valence-corrected chi connectivity index (χ4v) is 9.90. The molecule has 0 saturated carbocycles. The number of nitrogens with one attached hydrogen (secondary N) is 1. The van der Waals surface area contributed by atoms with Gasteiger partial charge in [-0.25, -0.2) is 0 Å². The van der Waals surface area contributed by atoms with Gasteiger partial charge in [0.15, 0.2) is 25.0 Å². The molecule has 306 valence electrons. The summed E-state index contributed by atoms with van der Waals surface area (Å²) in [4.78, 5) is 14.2.